The van der Waals surface area contributed by atoms with Gasteiger partial charge in [-0.2, -0.15) is 0 Å². The van der Waals surface area contributed by atoms with E-state index in [0.717, 1.165) is 12.0 Å². The van der Waals surface area contributed by atoms with Crippen molar-refractivity contribution in [1.82, 2.24) is 0 Å². The predicted molar refractivity (Wildman–Crippen MR) is 48.7 cm³/mol. The number of carbonyl (C=O) groups is 1. The van der Waals surface area contributed by atoms with Gasteiger partial charge in [-0.3, -0.25) is 4.79 Å². The Hall–Kier alpha value is -0.300. The zero-order valence-electron chi connectivity index (χ0n) is 7.57. The summed E-state index contributed by atoms with van der Waals surface area (Å²) in [5, 5.41) is -0.244. The Morgan fingerprint density at radius 2 is 1.82 bits per heavy atom. The molecule has 0 aliphatic rings. The smallest absolute Gasteiger partial charge is 0.228 e. The minimum Gasteiger partial charge on any atom is -0.281 e. The van der Waals surface area contributed by atoms with Crippen molar-refractivity contribution in [2.45, 2.75) is 34.1 Å². The molecule has 1 atom stereocenters. The zero-order chi connectivity index (χ0) is 9.02. The van der Waals surface area contributed by atoms with Crippen LogP contribution in [0.4, 0.5) is 0 Å². The minimum atomic E-state index is -0.244. The van der Waals surface area contributed by atoms with Gasteiger partial charge in [0.25, 0.3) is 0 Å². The average molecular weight is 175 g/mol. The molecular weight excluding hydrogens is 160 g/mol. The molecule has 0 aliphatic heterocycles. The summed E-state index contributed by atoms with van der Waals surface area (Å²) in [6.45, 7) is 7.93. The van der Waals surface area contributed by atoms with E-state index in [1.165, 1.54) is 5.57 Å². The van der Waals surface area contributed by atoms with Gasteiger partial charge in [0.15, 0.2) is 0 Å². The van der Waals surface area contributed by atoms with Crippen molar-refractivity contribution in [3.8, 4) is 0 Å². The van der Waals surface area contributed by atoms with Crippen LogP contribution >= 0.6 is 11.6 Å². The van der Waals surface area contributed by atoms with Crippen LogP contribution in [-0.4, -0.2) is 5.24 Å². The van der Waals surface area contributed by atoms with E-state index in [9.17, 15) is 4.79 Å². The molecule has 0 fully saturated rings. The van der Waals surface area contributed by atoms with E-state index in [4.69, 9.17) is 11.6 Å². The second-order valence-electron chi connectivity index (χ2n) is 2.95. The van der Waals surface area contributed by atoms with Gasteiger partial charge in [0, 0.05) is 0 Å². The highest BCUT2D eigenvalue weighted by molar-refractivity contribution is 6.64. The average Bonchev–Trinajstić information content (AvgIpc) is 1.88. The third-order valence-electron chi connectivity index (χ3n) is 1.99. The molecule has 0 aliphatic carbocycles. The summed E-state index contributed by atoms with van der Waals surface area (Å²) in [5.74, 6) is -0.0818. The molecule has 0 bridgehead atoms. The lowest BCUT2D eigenvalue weighted by Crippen LogP contribution is -2.09. The maximum atomic E-state index is 10.9. The monoisotopic (exact) mass is 174 g/mol. The molecule has 0 amide bonds. The van der Waals surface area contributed by atoms with E-state index in [0.29, 0.717) is 0 Å². The third kappa shape index (κ3) is 3.06. The SMILES string of the molecule is CCC(C(=O)Cl)C(C)=C(C)C. The fourth-order valence-electron chi connectivity index (χ4n) is 0.985. The van der Waals surface area contributed by atoms with Crippen molar-refractivity contribution in [2.24, 2.45) is 5.92 Å². The molecule has 2 heteroatoms. The minimum absolute atomic E-state index is 0.0818. The maximum Gasteiger partial charge on any atom is 0.228 e. The summed E-state index contributed by atoms with van der Waals surface area (Å²) in [6, 6.07) is 0. The summed E-state index contributed by atoms with van der Waals surface area (Å²) in [5.41, 5.74) is 2.29. The fraction of sp³-hybridized carbons (Fsp3) is 0.667. The second kappa shape index (κ2) is 4.55. The van der Waals surface area contributed by atoms with E-state index in [1.54, 1.807) is 0 Å². The van der Waals surface area contributed by atoms with Crippen LogP contribution in [0.5, 0.6) is 0 Å². The lowest BCUT2D eigenvalue weighted by atomic mass is 9.96. The van der Waals surface area contributed by atoms with Crippen molar-refractivity contribution in [3.05, 3.63) is 11.1 Å². The van der Waals surface area contributed by atoms with Gasteiger partial charge in [0.2, 0.25) is 5.24 Å². The highest BCUT2D eigenvalue weighted by Gasteiger charge is 2.15. The highest BCUT2D eigenvalue weighted by atomic mass is 35.5. The summed E-state index contributed by atoms with van der Waals surface area (Å²) in [7, 11) is 0. The van der Waals surface area contributed by atoms with Gasteiger partial charge in [-0.1, -0.05) is 18.1 Å². The summed E-state index contributed by atoms with van der Waals surface area (Å²) >= 11 is 5.41. The molecule has 0 rings (SSSR count). The van der Waals surface area contributed by atoms with E-state index in [-0.39, 0.29) is 11.2 Å². The van der Waals surface area contributed by atoms with Gasteiger partial charge >= 0.3 is 0 Å². The van der Waals surface area contributed by atoms with Gasteiger partial charge in [-0.05, 0) is 38.8 Å². The predicted octanol–water partition coefficient (Wildman–Crippen LogP) is 3.13. The molecule has 0 aromatic carbocycles. The van der Waals surface area contributed by atoms with Crippen LogP contribution in [0.25, 0.3) is 0 Å². The zero-order valence-corrected chi connectivity index (χ0v) is 8.33. The molecule has 0 aromatic heterocycles. The van der Waals surface area contributed by atoms with Gasteiger partial charge in [0.1, 0.15) is 0 Å². The third-order valence-corrected chi connectivity index (χ3v) is 2.26. The Labute approximate surface area is 73.4 Å². The second-order valence-corrected chi connectivity index (χ2v) is 3.32. The number of carbonyl (C=O) groups excluding carboxylic acids is 1. The van der Waals surface area contributed by atoms with Gasteiger partial charge < -0.3 is 0 Å². The van der Waals surface area contributed by atoms with Crippen LogP contribution < -0.4 is 0 Å². The standard InChI is InChI=1S/C9H15ClO/c1-5-8(9(10)11)7(4)6(2)3/h8H,5H2,1-4H3. The highest BCUT2D eigenvalue weighted by Crippen LogP contribution is 2.20. The first-order valence-corrected chi connectivity index (χ1v) is 4.21. The lowest BCUT2D eigenvalue weighted by Gasteiger charge is -2.11. The van der Waals surface area contributed by atoms with Crippen LogP contribution in [0.1, 0.15) is 34.1 Å². The first kappa shape index (κ1) is 10.7. The first-order valence-electron chi connectivity index (χ1n) is 3.84. The van der Waals surface area contributed by atoms with Crippen molar-refractivity contribution in [2.75, 3.05) is 0 Å². The molecule has 11 heavy (non-hydrogen) atoms. The van der Waals surface area contributed by atoms with Crippen LogP contribution in [0.2, 0.25) is 0 Å². The number of hydrogen-bond acceptors (Lipinski definition) is 1. The van der Waals surface area contributed by atoms with Gasteiger partial charge in [0.05, 0.1) is 5.92 Å². The normalized spacial score (nSPS) is 12.5. The quantitative estimate of drug-likeness (QED) is 0.475. The molecule has 1 unspecified atom stereocenters. The Morgan fingerprint density at radius 3 is 1.91 bits per heavy atom. The van der Waals surface area contributed by atoms with Crippen molar-refractivity contribution >= 4 is 16.8 Å². The molecule has 0 heterocycles. The molecule has 0 N–H and O–H groups in total. The number of rotatable bonds is 3. The Kier molecular flexibility index (Phi) is 4.43. The first-order chi connectivity index (χ1) is 5.00. The Balaban J connectivity index is 4.52. The summed E-state index contributed by atoms with van der Waals surface area (Å²) in [6.07, 6.45) is 0.791. The molecule has 0 spiro atoms. The molecule has 0 radical (unpaired) electrons. The van der Waals surface area contributed by atoms with Crippen molar-refractivity contribution in [3.63, 3.8) is 0 Å². The van der Waals surface area contributed by atoms with Gasteiger partial charge in [-0.25, -0.2) is 0 Å². The molecule has 0 saturated carbocycles. The van der Waals surface area contributed by atoms with Crippen molar-refractivity contribution in [1.29, 1.82) is 0 Å². The Morgan fingerprint density at radius 1 is 1.36 bits per heavy atom. The number of halogens is 1. The molecule has 64 valence electrons. The number of hydrogen-bond donors (Lipinski definition) is 0. The van der Waals surface area contributed by atoms with Gasteiger partial charge in [-0.15, -0.1) is 0 Å². The lowest BCUT2D eigenvalue weighted by molar-refractivity contribution is -0.114. The van der Waals surface area contributed by atoms with Crippen LogP contribution in [-0.2, 0) is 4.79 Å². The van der Waals surface area contributed by atoms with E-state index >= 15 is 0 Å². The fourth-order valence-corrected chi connectivity index (χ4v) is 1.30. The van der Waals surface area contributed by atoms with Crippen LogP contribution in [0, 0.1) is 5.92 Å². The Bertz CT molecular complexity index is 178. The van der Waals surface area contributed by atoms with E-state index < -0.39 is 0 Å². The van der Waals surface area contributed by atoms with E-state index in [2.05, 4.69) is 0 Å². The van der Waals surface area contributed by atoms with Crippen LogP contribution in [0.3, 0.4) is 0 Å². The molecule has 0 aromatic rings. The molecular formula is C9H15ClO. The summed E-state index contributed by atoms with van der Waals surface area (Å²) < 4.78 is 0. The van der Waals surface area contributed by atoms with E-state index in [1.807, 2.05) is 27.7 Å². The summed E-state index contributed by atoms with van der Waals surface area (Å²) in [4.78, 5) is 10.9. The molecule has 0 saturated heterocycles. The largest absolute Gasteiger partial charge is 0.281 e. The van der Waals surface area contributed by atoms with Crippen molar-refractivity contribution < 1.29 is 4.79 Å². The topological polar surface area (TPSA) is 17.1 Å². The number of allylic oxidation sites excluding steroid dienone is 2. The maximum absolute atomic E-state index is 10.9. The molecule has 1 nitrogen and oxygen atoms in total. The van der Waals surface area contributed by atoms with Crippen LogP contribution in [0.15, 0.2) is 11.1 Å².